The predicted octanol–water partition coefficient (Wildman–Crippen LogP) is 6.21. The maximum Gasteiger partial charge on any atom is 0.277 e. The van der Waals surface area contributed by atoms with Crippen molar-refractivity contribution in [2.24, 2.45) is 0 Å². The largest absolute Gasteiger partial charge is 0.277 e. The lowest BCUT2D eigenvalue weighted by molar-refractivity contribution is -0.383. The molecule has 0 unspecified atom stereocenters. The lowest BCUT2D eigenvalue weighted by Crippen LogP contribution is -1.91. The van der Waals surface area contributed by atoms with Gasteiger partial charge in [0.2, 0.25) is 0 Å². The average molecular weight is 323 g/mol. The summed E-state index contributed by atoms with van der Waals surface area (Å²) in [4.78, 5) is 11.3. The van der Waals surface area contributed by atoms with Crippen LogP contribution in [-0.4, -0.2) is 4.92 Å². The Labute approximate surface area is 143 Å². The zero-order valence-electron chi connectivity index (χ0n) is 13.3. The molecule has 25 heavy (non-hydrogen) atoms. The molecule has 0 atom stereocenters. The van der Waals surface area contributed by atoms with Crippen LogP contribution in [-0.2, 0) is 0 Å². The first-order chi connectivity index (χ1) is 12.2. The van der Waals surface area contributed by atoms with Crippen molar-refractivity contribution in [1.29, 1.82) is 0 Å². The lowest BCUT2D eigenvalue weighted by atomic mass is 9.91. The van der Waals surface area contributed by atoms with Crippen LogP contribution in [0.4, 0.5) is 5.69 Å². The SMILES string of the molecule is O=[N+]([O-])c1cccc2c3cc4ccccc4cc3c3ccccc3c12. The van der Waals surface area contributed by atoms with Crippen molar-refractivity contribution >= 4 is 48.8 Å². The molecule has 0 saturated heterocycles. The number of fused-ring (bicyclic) bond motifs is 7. The van der Waals surface area contributed by atoms with Gasteiger partial charge in [-0.2, -0.15) is 0 Å². The zero-order valence-corrected chi connectivity index (χ0v) is 13.3. The molecule has 0 N–H and O–H groups in total. The second kappa shape index (κ2) is 5.02. The van der Waals surface area contributed by atoms with Crippen molar-refractivity contribution < 1.29 is 4.92 Å². The van der Waals surface area contributed by atoms with E-state index in [0.717, 1.165) is 32.3 Å². The highest BCUT2D eigenvalue weighted by molar-refractivity contribution is 6.29. The highest BCUT2D eigenvalue weighted by atomic mass is 16.6. The van der Waals surface area contributed by atoms with E-state index in [1.807, 2.05) is 42.5 Å². The molecule has 0 radical (unpaired) electrons. The summed E-state index contributed by atoms with van der Waals surface area (Å²) in [6.45, 7) is 0. The van der Waals surface area contributed by atoms with E-state index in [1.54, 1.807) is 12.1 Å². The fourth-order valence-corrected chi connectivity index (χ4v) is 3.82. The van der Waals surface area contributed by atoms with Crippen molar-refractivity contribution in [3.8, 4) is 0 Å². The fraction of sp³-hybridized carbons (Fsp3) is 0. The third-order valence-electron chi connectivity index (χ3n) is 4.90. The molecule has 0 saturated carbocycles. The molecule has 0 amide bonds. The van der Waals surface area contributed by atoms with Crippen molar-refractivity contribution in [2.75, 3.05) is 0 Å². The minimum Gasteiger partial charge on any atom is -0.258 e. The van der Waals surface area contributed by atoms with Gasteiger partial charge in [-0.25, -0.2) is 0 Å². The fourth-order valence-electron chi connectivity index (χ4n) is 3.82. The van der Waals surface area contributed by atoms with Crippen molar-refractivity contribution in [1.82, 2.24) is 0 Å². The Morgan fingerprint density at radius 2 is 1.12 bits per heavy atom. The molecule has 5 rings (SSSR count). The normalized spacial score (nSPS) is 11.5. The number of hydrogen-bond donors (Lipinski definition) is 0. The summed E-state index contributed by atoms with van der Waals surface area (Å²) in [6.07, 6.45) is 0. The number of non-ortho nitro benzene ring substituents is 1. The molecule has 5 aromatic carbocycles. The molecule has 0 fully saturated rings. The van der Waals surface area contributed by atoms with Gasteiger partial charge in [0.25, 0.3) is 5.69 Å². The number of benzene rings is 5. The molecule has 0 heterocycles. The van der Waals surface area contributed by atoms with Gasteiger partial charge >= 0.3 is 0 Å². The van der Waals surface area contributed by atoms with E-state index in [-0.39, 0.29) is 10.6 Å². The number of nitro groups is 1. The number of hydrogen-bond acceptors (Lipinski definition) is 2. The first kappa shape index (κ1) is 13.9. The van der Waals surface area contributed by atoms with Crippen LogP contribution >= 0.6 is 0 Å². The van der Waals surface area contributed by atoms with Gasteiger partial charge in [-0.05, 0) is 49.8 Å². The van der Waals surface area contributed by atoms with Crippen LogP contribution in [0.15, 0.2) is 78.9 Å². The Morgan fingerprint density at radius 1 is 0.600 bits per heavy atom. The smallest absolute Gasteiger partial charge is 0.258 e. The molecule has 5 aromatic rings. The van der Waals surface area contributed by atoms with Gasteiger partial charge in [0, 0.05) is 6.07 Å². The highest BCUT2D eigenvalue weighted by Crippen LogP contribution is 2.40. The van der Waals surface area contributed by atoms with Crippen LogP contribution in [0.2, 0.25) is 0 Å². The maximum atomic E-state index is 11.6. The number of nitro benzene ring substituents is 1. The summed E-state index contributed by atoms with van der Waals surface area (Å²) in [6, 6.07) is 25.8. The maximum absolute atomic E-state index is 11.6. The Kier molecular flexibility index (Phi) is 2.80. The molecule has 0 aromatic heterocycles. The minimum atomic E-state index is -0.290. The van der Waals surface area contributed by atoms with E-state index in [4.69, 9.17) is 0 Å². The van der Waals surface area contributed by atoms with Crippen LogP contribution in [0.5, 0.6) is 0 Å². The predicted molar refractivity (Wildman–Crippen MR) is 103 cm³/mol. The summed E-state index contributed by atoms with van der Waals surface area (Å²) in [5.41, 5.74) is 0.156. The standard InChI is InChI=1S/C22H13NO2/c24-23(25)21-11-5-10-18-20-13-15-7-2-1-6-14(15)12-19(20)16-8-3-4-9-17(16)22(18)21/h1-13H. The monoisotopic (exact) mass is 323 g/mol. The second-order valence-electron chi connectivity index (χ2n) is 6.25. The summed E-state index contributed by atoms with van der Waals surface area (Å²) >= 11 is 0. The second-order valence-corrected chi connectivity index (χ2v) is 6.25. The Hall–Kier alpha value is -3.46. The van der Waals surface area contributed by atoms with Crippen molar-refractivity contribution in [3.05, 3.63) is 89.0 Å². The molecular weight excluding hydrogens is 310 g/mol. The topological polar surface area (TPSA) is 43.1 Å². The Morgan fingerprint density at radius 3 is 1.80 bits per heavy atom. The van der Waals surface area contributed by atoms with Gasteiger partial charge in [0.15, 0.2) is 0 Å². The van der Waals surface area contributed by atoms with Gasteiger partial charge in [0.05, 0.1) is 10.3 Å². The summed E-state index contributed by atoms with van der Waals surface area (Å²) in [7, 11) is 0. The summed E-state index contributed by atoms with van der Waals surface area (Å²) in [5, 5.41) is 19.7. The molecule has 0 spiro atoms. The van der Waals surface area contributed by atoms with Crippen LogP contribution < -0.4 is 0 Å². The molecular formula is C22H13NO2. The minimum absolute atomic E-state index is 0.156. The van der Waals surface area contributed by atoms with Gasteiger partial charge in [-0.1, -0.05) is 60.7 Å². The van der Waals surface area contributed by atoms with E-state index < -0.39 is 0 Å². The van der Waals surface area contributed by atoms with E-state index >= 15 is 0 Å². The van der Waals surface area contributed by atoms with E-state index in [0.29, 0.717) is 5.39 Å². The molecule has 118 valence electrons. The molecule has 0 aliphatic carbocycles. The summed E-state index contributed by atoms with van der Waals surface area (Å²) in [5.74, 6) is 0. The van der Waals surface area contributed by atoms with Crippen LogP contribution in [0.1, 0.15) is 0 Å². The molecule has 3 nitrogen and oxygen atoms in total. The first-order valence-electron chi connectivity index (χ1n) is 8.14. The summed E-state index contributed by atoms with van der Waals surface area (Å²) < 4.78 is 0. The highest BCUT2D eigenvalue weighted by Gasteiger charge is 2.17. The zero-order chi connectivity index (χ0) is 17.0. The first-order valence-corrected chi connectivity index (χ1v) is 8.14. The third-order valence-corrected chi connectivity index (χ3v) is 4.90. The molecule has 0 aliphatic rings. The third kappa shape index (κ3) is 1.93. The van der Waals surface area contributed by atoms with E-state index in [1.165, 1.54) is 5.39 Å². The average Bonchev–Trinajstić information content (AvgIpc) is 2.66. The van der Waals surface area contributed by atoms with Crippen LogP contribution in [0.25, 0.3) is 43.1 Å². The van der Waals surface area contributed by atoms with Gasteiger partial charge in [-0.3, -0.25) is 10.1 Å². The van der Waals surface area contributed by atoms with E-state index in [2.05, 4.69) is 24.3 Å². The van der Waals surface area contributed by atoms with Crippen LogP contribution in [0, 0.1) is 10.1 Å². The lowest BCUT2D eigenvalue weighted by Gasteiger charge is -2.11. The molecule has 3 heteroatoms. The number of nitrogens with zero attached hydrogens (tertiary/aromatic N) is 1. The number of rotatable bonds is 1. The van der Waals surface area contributed by atoms with Crippen molar-refractivity contribution in [2.45, 2.75) is 0 Å². The molecule has 0 bridgehead atoms. The van der Waals surface area contributed by atoms with Gasteiger partial charge in [-0.15, -0.1) is 0 Å². The van der Waals surface area contributed by atoms with Gasteiger partial charge < -0.3 is 0 Å². The quantitative estimate of drug-likeness (QED) is 0.159. The van der Waals surface area contributed by atoms with E-state index in [9.17, 15) is 10.1 Å². The van der Waals surface area contributed by atoms with Crippen molar-refractivity contribution in [3.63, 3.8) is 0 Å². The van der Waals surface area contributed by atoms with Crippen LogP contribution in [0.3, 0.4) is 0 Å². The molecule has 0 aliphatic heterocycles. The Balaban J connectivity index is 2.16. The van der Waals surface area contributed by atoms with Gasteiger partial charge in [0.1, 0.15) is 0 Å². The Bertz CT molecular complexity index is 1320.